The maximum Gasteiger partial charge on any atom is 0.122 e. The van der Waals surface area contributed by atoms with Gasteiger partial charge in [0, 0.05) is 0 Å². The second-order valence-corrected chi connectivity index (χ2v) is 4.37. The molecule has 0 fully saturated rings. The van der Waals surface area contributed by atoms with Crippen molar-refractivity contribution in [2.75, 3.05) is 0 Å². The third kappa shape index (κ3) is 2.55. The predicted octanol–water partition coefficient (Wildman–Crippen LogP) is 4.46. The van der Waals surface area contributed by atoms with Crippen molar-refractivity contribution in [2.24, 2.45) is 10.2 Å². The first kappa shape index (κ1) is 13.5. The summed E-state index contributed by atoms with van der Waals surface area (Å²) in [5.74, 6) is 0. The average molecular weight is 260 g/mol. The van der Waals surface area contributed by atoms with Crippen molar-refractivity contribution in [2.45, 2.75) is 13.8 Å². The van der Waals surface area contributed by atoms with Crippen LogP contribution in [0.15, 0.2) is 46.6 Å². The number of hydrogen-bond acceptors (Lipinski definition) is 4. The first-order valence-corrected chi connectivity index (χ1v) is 6.08. The summed E-state index contributed by atoms with van der Waals surface area (Å²) in [6.07, 6.45) is 0. The summed E-state index contributed by atoms with van der Waals surface area (Å²) in [5, 5.41) is 26.7. The van der Waals surface area contributed by atoms with Crippen LogP contribution in [0.25, 0.3) is 0 Å². The first-order chi connectivity index (χ1) is 9.67. The van der Waals surface area contributed by atoms with Gasteiger partial charge in [0.25, 0.3) is 0 Å². The van der Waals surface area contributed by atoms with Gasteiger partial charge in [-0.1, -0.05) is 24.3 Å². The Morgan fingerprint density at radius 3 is 1.90 bits per heavy atom. The molecule has 4 heteroatoms. The van der Waals surface area contributed by atoms with Gasteiger partial charge in [0.1, 0.15) is 17.8 Å². The number of nitriles is 2. The van der Waals surface area contributed by atoms with Gasteiger partial charge < -0.3 is 0 Å². The molecular weight excluding hydrogens is 248 g/mol. The lowest BCUT2D eigenvalue weighted by molar-refractivity contribution is 1.19. The zero-order chi connectivity index (χ0) is 14.5. The Hall–Kier alpha value is -2.98. The average Bonchev–Trinajstić information content (AvgIpc) is 2.46. The Labute approximate surface area is 117 Å². The van der Waals surface area contributed by atoms with Gasteiger partial charge in [0.05, 0.1) is 16.8 Å². The second-order valence-electron chi connectivity index (χ2n) is 4.37. The number of aryl methyl sites for hydroxylation is 2. The molecule has 0 aliphatic carbocycles. The Morgan fingerprint density at radius 1 is 0.850 bits per heavy atom. The highest BCUT2D eigenvalue weighted by Crippen LogP contribution is 2.31. The molecular formula is C16H12N4. The van der Waals surface area contributed by atoms with Crippen molar-refractivity contribution in [3.8, 4) is 12.1 Å². The highest BCUT2D eigenvalue weighted by Gasteiger charge is 2.14. The van der Waals surface area contributed by atoms with Crippen LogP contribution in [0, 0.1) is 36.5 Å². The fourth-order valence-corrected chi connectivity index (χ4v) is 1.95. The number of rotatable bonds is 2. The van der Waals surface area contributed by atoms with Crippen molar-refractivity contribution in [1.82, 2.24) is 0 Å². The molecule has 0 N–H and O–H groups in total. The normalized spacial score (nSPS) is 10.2. The van der Waals surface area contributed by atoms with Gasteiger partial charge in [-0.3, -0.25) is 0 Å². The van der Waals surface area contributed by atoms with Crippen molar-refractivity contribution in [3.05, 3.63) is 58.7 Å². The van der Waals surface area contributed by atoms with E-state index in [1.807, 2.05) is 50.2 Å². The van der Waals surface area contributed by atoms with Crippen LogP contribution >= 0.6 is 0 Å². The van der Waals surface area contributed by atoms with E-state index >= 15 is 0 Å². The summed E-state index contributed by atoms with van der Waals surface area (Å²) in [7, 11) is 0. The van der Waals surface area contributed by atoms with Crippen LogP contribution < -0.4 is 0 Å². The maximum atomic E-state index is 9.25. The van der Waals surface area contributed by atoms with E-state index < -0.39 is 0 Å². The van der Waals surface area contributed by atoms with Crippen molar-refractivity contribution < 1.29 is 0 Å². The van der Waals surface area contributed by atoms with Crippen LogP contribution in [0.5, 0.6) is 0 Å². The lowest BCUT2D eigenvalue weighted by Gasteiger charge is -2.06. The third-order valence-electron chi connectivity index (χ3n) is 2.94. The topological polar surface area (TPSA) is 72.3 Å². The lowest BCUT2D eigenvalue weighted by Crippen LogP contribution is -1.91. The van der Waals surface area contributed by atoms with Gasteiger partial charge in [0.2, 0.25) is 0 Å². The molecule has 0 aliphatic heterocycles. The summed E-state index contributed by atoms with van der Waals surface area (Å²) < 4.78 is 0. The number of nitrogens with zero attached hydrogens (tertiary/aromatic N) is 4. The van der Waals surface area contributed by atoms with Gasteiger partial charge >= 0.3 is 0 Å². The maximum absolute atomic E-state index is 9.25. The molecule has 2 rings (SSSR count). The Kier molecular flexibility index (Phi) is 3.88. The zero-order valence-electron chi connectivity index (χ0n) is 11.3. The van der Waals surface area contributed by atoms with Crippen LogP contribution in [0.1, 0.15) is 22.3 Å². The SMILES string of the molecule is Cc1cc(C)c(C#N)c(N=Nc2ccccc2)c1C#N. The van der Waals surface area contributed by atoms with Crippen molar-refractivity contribution >= 4 is 11.4 Å². The molecule has 0 spiro atoms. The number of azo groups is 1. The molecule has 0 unspecified atom stereocenters. The summed E-state index contributed by atoms with van der Waals surface area (Å²) >= 11 is 0. The Morgan fingerprint density at radius 2 is 1.40 bits per heavy atom. The molecule has 0 aliphatic rings. The molecule has 96 valence electrons. The second kappa shape index (κ2) is 5.77. The minimum absolute atomic E-state index is 0.344. The minimum Gasteiger partial charge on any atom is -0.192 e. The van der Waals surface area contributed by atoms with Crippen LogP contribution in [0.2, 0.25) is 0 Å². The summed E-state index contributed by atoms with van der Waals surface area (Å²) in [5.41, 5.74) is 3.41. The summed E-state index contributed by atoms with van der Waals surface area (Å²) in [6.45, 7) is 3.66. The molecule has 0 saturated heterocycles. The summed E-state index contributed by atoms with van der Waals surface area (Å²) in [6, 6.07) is 15.2. The fraction of sp³-hybridized carbons (Fsp3) is 0.125. The van der Waals surface area contributed by atoms with Crippen molar-refractivity contribution in [3.63, 3.8) is 0 Å². The van der Waals surface area contributed by atoms with E-state index in [0.29, 0.717) is 22.5 Å². The van der Waals surface area contributed by atoms with E-state index in [4.69, 9.17) is 0 Å². The molecule has 4 nitrogen and oxygen atoms in total. The predicted molar refractivity (Wildman–Crippen MR) is 76.0 cm³/mol. The molecule has 2 aromatic rings. The smallest absolute Gasteiger partial charge is 0.122 e. The molecule has 0 radical (unpaired) electrons. The molecule has 0 amide bonds. The van der Waals surface area contributed by atoms with Crippen LogP contribution in [-0.4, -0.2) is 0 Å². The fourth-order valence-electron chi connectivity index (χ4n) is 1.95. The molecule has 0 saturated carbocycles. The monoisotopic (exact) mass is 260 g/mol. The first-order valence-electron chi connectivity index (χ1n) is 6.08. The zero-order valence-corrected chi connectivity index (χ0v) is 11.3. The minimum atomic E-state index is 0.344. The van der Waals surface area contributed by atoms with E-state index in [0.717, 1.165) is 11.1 Å². The van der Waals surface area contributed by atoms with Crippen LogP contribution in [-0.2, 0) is 0 Å². The van der Waals surface area contributed by atoms with E-state index in [1.54, 1.807) is 0 Å². The Bertz CT molecular complexity index is 709. The standard InChI is InChI=1S/C16H12N4/c1-11-8-12(2)15(10-18)16(14(11)9-17)20-19-13-6-4-3-5-7-13/h3-8H,1-2H3. The van der Waals surface area contributed by atoms with Crippen molar-refractivity contribution in [1.29, 1.82) is 10.5 Å². The molecule has 0 atom stereocenters. The van der Waals surface area contributed by atoms with E-state index in [1.165, 1.54) is 0 Å². The third-order valence-corrected chi connectivity index (χ3v) is 2.94. The van der Waals surface area contributed by atoms with Crippen LogP contribution in [0.3, 0.4) is 0 Å². The highest BCUT2D eigenvalue weighted by molar-refractivity contribution is 5.68. The molecule has 2 aromatic carbocycles. The number of benzene rings is 2. The van der Waals surface area contributed by atoms with E-state index in [2.05, 4.69) is 22.4 Å². The summed E-state index contributed by atoms with van der Waals surface area (Å²) in [4.78, 5) is 0. The van der Waals surface area contributed by atoms with Gasteiger partial charge in [-0.2, -0.15) is 15.6 Å². The van der Waals surface area contributed by atoms with E-state index in [9.17, 15) is 10.5 Å². The van der Waals surface area contributed by atoms with Gasteiger partial charge in [0.15, 0.2) is 0 Å². The van der Waals surface area contributed by atoms with Gasteiger partial charge in [-0.25, -0.2) is 0 Å². The van der Waals surface area contributed by atoms with Gasteiger partial charge in [-0.15, -0.1) is 5.11 Å². The van der Waals surface area contributed by atoms with Gasteiger partial charge in [-0.05, 0) is 37.1 Å². The largest absolute Gasteiger partial charge is 0.192 e. The highest BCUT2D eigenvalue weighted by atomic mass is 15.1. The van der Waals surface area contributed by atoms with E-state index in [-0.39, 0.29) is 0 Å². The lowest BCUT2D eigenvalue weighted by atomic mass is 9.98. The molecule has 0 aromatic heterocycles. The number of hydrogen-bond donors (Lipinski definition) is 0. The Balaban J connectivity index is 2.59. The molecule has 20 heavy (non-hydrogen) atoms. The molecule has 0 bridgehead atoms. The molecule has 0 heterocycles. The quantitative estimate of drug-likeness (QED) is 0.747. The van der Waals surface area contributed by atoms with Crippen LogP contribution in [0.4, 0.5) is 11.4 Å².